The van der Waals surface area contributed by atoms with Gasteiger partial charge < -0.3 is 41.0 Å². The Balaban J connectivity index is 3.68. The Morgan fingerprint density at radius 1 is 0.519 bits per heavy atom. The standard InChI is InChI=1S/C40H74N4O10/c1-40(2,3)34(45)32-54-31-30-53-29-28-43-39(52)42-27-21-20-26-41-35(46)25-24-33(38(50)51)44-36(47)22-18-16-14-12-10-8-6-4-5-7-9-11-13-15-17-19-23-37(48)49/h33H,4-32H2,1-3H3,(H,41,46)(H,44,47)(H,48,49)(H,50,51)(H2,42,43,52)/t33-/m0/s1. The normalized spacial score (nSPS) is 11.8. The van der Waals surface area contributed by atoms with E-state index >= 15 is 0 Å². The third kappa shape index (κ3) is 34.5. The summed E-state index contributed by atoms with van der Waals surface area (Å²) < 4.78 is 10.7. The monoisotopic (exact) mass is 771 g/mol. The Labute approximate surface area is 324 Å². The zero-order valence-electron chi connectivity index (χ0n) is 33.7. The second-order valence-electron chi connectivity index (χ2n) is 15.1. The van der Waals surface area contributed by atoms with Crippen LogP contribution in [0.5, 0.6) is 0 Å². The molecule has 0 aliphatic rings. The Hall–Kier alpha value is -3.26. The summed E-state index contributed by atoms with van der Waals surface area (Å²) in [6.45, 7) is 7.66. The van der Waals surface area contributed by atoms with Crippen LogP contribution in [0.4, 0.5) is 4.79 Å². The minimum absolute atomic E-state index is 0.0123. The van der Waals surface area contributed by atoms with Gasteiger partial charge in [0.15, 0.2) is 5.78 Å². The lowest BCUT2D eigenvalue weighted by atomic mass is 9.91. The first-order valence-electron chi connectivity index (χ1n) is 20.5. The second-order valence-corrected chi connectivity index (χ2v) is 15.1. The highest BCUT2D eigenvalue weighted by Gasteiger charge is 2.21. The zero-order chi connectivity index (χ0) is 40.3. The number of carboxylic acids is 2. The van der Waals surface area contributed by atoms with Crippen molar-refractivity contribution < 1.29 is 48.5 Å². The van der Waals surface area contributed by atoms with E-state index in [9.17, 15) is 33.9 Å². The quantitative estimate of drug-likeness (QED) is 0.0389. The summed E-state index contributed by atoms with van der Waals surface area (Å²) in [5.41, 5.74) is -0.431. The number of carbonyl (C=O) groups is 6. The maximum absolute atomic E-state index is 12.3. The number of rotatable bonds is 37. The van der Waals surface area contributed by atoms with Crippen LogP contribution < -0.4 is 21.3 Å². The number of hydrogen-bond acceptors (Lipinski definition) is 8. The third-order valence-electron chi connectivity index (χ3n) is 9.02. The maximum atomic E-state index is 12.3. The van der Waals surface area contributed by atoms with Crippen LogP contribution in [-0.2, 0) is 33.4 Å². The molecule has 1 atom stereocenters. The van der Waals surface area contributed by atoms with Crippen LogP contribution in [0.1, 0.15) is 162 Å². The molecule has 0 bridgehead atoms. The number of unbranched alkanes of at least 4 members (excludes halogenated alkanes) is 16. The van der Waals surface area contributed by atoms with Gasteiger partial charge in [0.25, 0.3) is 0 Å². The molecule has 0 aromatic heterocycles. The molecule has 0 saturated heterocycles. The van der Waals surface area contributed by atoms with Gasteiger partial charge in [0, 0.05) is 44.3 Å². The lowest BCUT2D eigenvalue weighted by Crippen LogP contribution is -2.41. The van der Waals surface area contributed by atoms with E-state index in [4.69, 9.17) is 14.6 Å². The van der Waals surface area contributed by atoms with Crippen molar-refractivity contribution in [2.45, 2.75) is 168 Å². The molecular weight excluding hydrogens is 696 g/mol. The lowest BCUT2D eigenvalue weighted by Gasteiger charge is -2.16. The number of carbonyl (C=O) groups excluding carboxylic acids is 4. The fourth-order valence-electron chi connectivity index (χ4n) is 5.50. The van der Waals surface area contributed by atoms with Crippen molar-refractivity contribution in [3.63, 3.8) is 0 Å². The molecule has 0 aromatic carbocycles. The summed E-state index contributed by atoms with van der Waals surface area (Å²) >= 11 is 0. The Bertz CT molecular complexity index is 1030. The van der Waals surface area contributed by atoms with E-state index in [1.54, 1.807) is 0 Å². The highest BCUT2D eigenvalue weighted by atomic mass is 16.5. The molecule has 0 rings (SSSR count). The van der Waals surface area contributed by atoms with Crippen molar-refractivity contribution >= 4 is 35.6 Å². The van der Waals surface area contributed by atoms with Crippen molar-refractivity contribution in [3.8, 4) is 0 Å². The summed E-state index contributed by atoms with van der Waals surface area (Å²) in [6.07, 6.45) is 19.8. The summed E-state index contributed by atoms with van der Waals surface area (Å²) in [7, 11) is 0. The first kappa shape index (κ1) is 50.7. The molecule has 54 heavy (non-hydrogen) atoms. The summed E-state index contributed by atoms with van der Waals surface area (Å²) in [5, 5.41) is 28.9. The number of nitrogens with one attached hydrogen (secondary N) is 4. The average molecular weight is 771 g/mol. The number of urea groups is 1. The van der Waals surface area contributed by atoms with Crippen LogP contribution in [0.25, 0.3) is 0 Å². The van der Waals surface area contributed by atoms with Gasteiger partial charge in [-0.25, -0.2) is 9.59 Å². The fraction of sp³-hybridized carbons (Fsp3) is 0.850. The van der Waals surface area contributed by atoms with E-state index in [1.165, 1.54) is 57.8 Å². The molecular formula is C40H74N4O10. The molecule has 0 unspecified atom stereocenters. The number of amides is 4. The van der Waals surface area contributed by atoms with Crippen LogP contribution in [-0.4, -0.2) is 97.9 Å². The lowest BCUT2D eigenvalue weighted by molar-refractivity contribution is -0.142. The van der Waals surface area contributed by atoms with E-state index in [-0.39, 0.29) is 55.9 Å². The molecule has 0 aromatic rings. The van der Waals surface area contributed by atoms with E-state index < -0.39 is 23.4 Å². The van der Waals surface area contributed by atoms with Gasteiger partial charge in [-0.3, -0.25) is 19.2 Å². The minimum atomic E-state index is -1.16. The van der Waals surface area contributed by atoms with E-state index in [2.05, 4.69) is 21.3 Å². The van der Waals surface area contributed by atoms with Crippen molar-refractivity contribution in [1.82, 2.24) is 21.3 Å². The van der Waals surface area contributed by atoms with Crippen LogP contribution in [0.15, 0.2) is 0 Å². The van der Waals surface area contributed by atoms with Gasteiger partial charge in [-0.1, -0.05) is 111 Å². The van der Waals surface area contributed by atoms with Crippen molar-refractivity contribution in [3.05, 3.63) is 0 Å². The Morgan fingerprint density at radius 3 is 1.48 bits per heavy atom. The van der Waals surface area contributed by atoms with Gasteiger partial charge >= 0.3 is 18.0 Å². The summed E-state index contributed by atoms with van der Waals surface area (Å²) in [6, 6.07) is -1.43. The van der Waals surface area contributed by atoms with E-state index in [0.29, 0.717) is 58.7 Å². The molecule has 0 radical (unpaired) electrons. The summed E-state index contributed by atoms with van der Waals surface area (Å²) in [5.74, 6) is -2.42. The number of aliphatic carboxylic acids is 2. The zero-order valence-corrected chi connectivity index (χ0v) is 33.7. The molecule has 314 valence electrons. The highest BCUT2D eigenvalue weighted by molar-refractivity contribution is 5.85. The van der Waals surface area contributed by atoms with Gasteiger partial charge in [0.1, 0.15) is 12.6 Å². The van der Waals surface area contributed by atoms with Crippen LogP contribution in [0.3, 0.4) is 0 Å². The predicted octanol–water partition coefficient (Wildman–Crippen LogP) is 6.29. The van der Waals surface area contributed by atoms with Crippen LogP contribution in [0.2, 0.25) is 0 Å². The topological polar surface area (TPSA) is 209 Å². The molecule has 0 aliphatic carbocycles. The van der Waals surface area contributed by atoms with Gasteiger partial charge in [-0.05, 0) is 32.1 Å². The molecule has 0 spiro atoms. The average Bonchev–Trinajstić information content (AvgIpc) is 3.11. The Morgan fingerprint density at radius 2 is 0.981 bits per heavy atom. The second kappa shape index (κ2) is 34.2. The predicted molar refractivity (Wildman–Crippen MR) is 209 cm³/mol. The summed E-state index contributed by atoms with van der Waals surface area (Å²) in [4.78, 5) is 70.3. The molecule has 0 saturated carbocycles. The molecule has 14 nitrogen and oxygen atoms in total. The first-order chi connectivity index (χ1) is 25.8. The van der Waals surface area contributed by atoms with Crippen LogP contribution >= 0.6 is 0 Å². The fourth-order valence-corrected chi connectivity index (χ4v) is 5.50. The number of ketones is 1. The van der Waals surface area contributed by atoms with Gasteiger partial charge in [-0.2, -0.15) is 0 Å². The number of Topliss-reactive ketones (excluding diaryl/α,β-unsaturated/α-hetero) is 1. The van der Waals surface area contributed by atoms with Crippen molar-refractivity contribution in [2.24, 2.45) is 5.41 Å². The number of ether oxygens (including phenoxy) is 2. The molecule has 4 amide bonds. The minimum Gasteiger partial charge on any atom is -0.481 e. The van der Waals surface area contributed by atoms with Gasteiger partial charge in [0.2, 0.25) is 11.8 Å². The molecule has 0 heterocycles. The van der Waals surface area contributed by atoms with Gasteiger partial charge in [0.05, 0.1) is 19.8 Å². The Kier molecular flexibility index (Phi) is 32.2. The smallest absolute Gasteiger partial charge is 0.326 e. The van der Waals surface area contributed by atoms with Crippen molar-refractivity contribution in [1.29, 1.82) is 0 Å². The maximum Gasteiger partial charge on any atom is 0.326 e. The number of hydrogen-bond donors (Lipinski definition) is 6. The highest BCUT2D eigenvalue weighted by Crippen LogP contribution is 2.15. The molecule has 0 aliphatic heterocycles. The van der Waals surface area contributed by atoms with Crippen molar-refractivity contribution in [2.75, 3.05) is 46.1 Å². The third-order valence-corrected chi connectivity index (χ3v) is 9.02. The van der Waals surface area contributed by atoms with E-state index in [1.807, 2.05) is 20.8 Å². The van der Waals surface area contributed by atoms with Gasteiger partial charge in [-0.15, -0.1) is 0 Å². The molecule has 6 N–H and O–H groups in total. The SMILES string of the molecule is CC(C)(C)C(=O)COCCOCCNC(=O)NCCCCNC(=O)CC[C@H](NC(=O)CCCCCCCCCCCCCCCCCCC(=O)O)C(=O)O. The number of carboxylic acid groups (broad SMARTS) is 2. The van der Waals surface area contributed by atoms with Crippen LogP contribution in [0, 0.1) is 5.41 Å². The molecule has 0 fully saturated rings. The van der Waals surface area contributed by atoms with E-state index in [0.717, 1.165) is 38.5 Å². The first-order valence-corrected chi connectivity index (χ1v) is 20.5. The largest absolute Gasteiger partial charge is 0.481 e. The molecule has 14 heteroatoms.